The van der Waals surface area contributed by atoms with Gasteiger partial charge >= 0.3 is 5.97 Å². The largest absolute Gasteiger partial charge is 0.484 e. The Hall–Kier alpha value is -1.24. The molecule has 1 aromatic rings. The number of alkyl halides is 3. The minimum atomic E-state index is -3.14. The molecule has 0 N–H and O–H groups in total. The molecule has 0 fully saturated rings. The summed E-state index contributed by atoms with van der Waals surface area (Å²) in [6.45, 7) is 0.591. The van der Waals surface area contributed by atoms with Crippen LogP contribution in [-0.4, -0.2) is 25.4 Å². The Balaban J connectivity index is 2.92. The number of halogens is 4. The van der Waals surface area contributed by atoms with Crippen LogP contribution in [-0.2, 0) is 15.5 Å². The lowest BCUT2D eigenvalue weighted by atomic mass is 10.1. The van der Waals surface area contributed by atoms with E-state index in [1.54, 1.807) is 0 Å². The summed E-state index contributed by atoms with van der Waals surface area (Å²) in [5.41, 5.74) is -0.367. The van der Waals surface area contributed by atoms with Crippen molar-refractivity contribution in [2.45, 2.75) is 25.9 Å². The van der Waals surface area contributed by atoms with Gasteiger partial charge in [0.15, 0.2) is 6.10 Å². The third kappa shape index (κ3) is 5.03. The van der Waals surface area contributed by atoms with E-state index in [9.17, 15) is 18.0 Å². The quantitative estimate of drug-likeness (QED) is 0.728. The minimum Gasteiger partial charge on any atom is -0.484 e. The van der Waals surface area contributed by atoms with Gasteiger partial charge in [0.2, 0.25) is 0 Å². The first-order chi connectivity index (χ1) is 9.24. The van der Waals surface area contributed by atoms with Crippen molar-refractivity contribution < 1.29 is 27.4 Å². The molecule has 0 aliphatic heterocycles. The van der Waals surface area contributed by atoms with Crippen LogP contribution in [0.5, 0.6) is 5.75 Å². The van der Waals surface area contributed by atoms with E-state index in [0.29, 0.717) is 4.47 Å². The Kier molecular flexibility index (Phi) is 5.86. The third-order valence-corrected chi connectivity index (χ3v) is 2.85. The first-order valence-electron chi connectivity index (χ1n) is 5.78. The molecule has 0 radical (unpaired) electrons. The zero-order chi connectivity index (χ0) is 15.3. The first kappa shape index (κ1) is 16.8. The van der Waals surface area contributed by atoms with Crippen molar-refractivity contribution in [2.75, 3.05) is 13.3 Å². The molecule has 0 saturated heterocycles. The van der Waals surface area contributed by atoms with Gasteiger partial charge in [0.05, 0.1) is 5.56 Å². The van der Waals surface area contributed by atoms with Crippen molar-refractivity contribution in [2.24, 2.45) is 0 Å². The second kappa shape index (κ2) is 6.97. The van der Waals surface area contributed by atoms with Crippen molar-refractivity contribution in [3.63, 3.8) is 0 Å². The van der Waals surface area contributed by atoms with E-state index in [0.717, 1.165) is 6.92 Å². The van der Waals surface area contributed by atoms with Crippen molar-refractivity contribution in [1.29, 1.82) is 0 Å². The maximum absolute atomic E-state index is 13.5. The lowest BCUT2D eigenvalue weighted by molar-refractivity contribution is -0.143. The Labute approximate surface area is 123 Å². The Morgan fingerprint density at radius 3 is 2.60 bits per heavy atom. The van der Waals surface area contributed by atoms with E-state index < -0.39 is 24.7 Å². The first-order valence-corrected chi connectivity index (χ1v) is 6.57. The van der Waals surface area contributed by atoms with Crippen LogP contribution in [0.25, 0.3) is 0 Å². The predicted octanol–water partition coefficient (Wildman–Crippen LogP) is 3.84. The summed E-state index contributed by atoms with van der Waals surface area (Å²) >= 11 is 3.09. The van der Waals surface area contributed by atoms with Crippen LogP contribution >= 0.6 is 15.9 Å². The van der Waals surface area contributed by atoms with Crippen LogP contribution in [0.1, 0.15) is 19.4 Å². The second-order valence-corrected chi connectivity index (χ2v) is 5.14. The number of carbonyl (C=O) groups is 1. The molecular weight excluding hydrogens is 341 g/mol. The molecule has 0 aliphatic carbocycles. The van der Waals surface area contributed by atoms with Gasteiger partial charge in [0.1, 0.15) is 19.0 Å². The third-order valence-electron chi connectivity index (χ3n) is 2.35. The van der Waals surface area contributed by atoms with Crippen molar-refractivity contribution in [1.82, 2.24) is 0 Å². The summed E-state index contributed by atoms with van der Waals surface area (Å²) in [4.78, 5) is 10.7. The highest BCUT2D eigenvalue weighted by Crippen LogP contribution is 2.36. The van der Waals surface area contributed by atoms with Gasteiger partial charge in [-0.15, -0.1) is 0 Å². The predicted molar refractivity (Wildman–Crippen MR) is 70.7 cm³/mol. The molecule has 1 atom stereocenters. The summed E-state index contributed by atoms with van der Waals surface area (Å²) < 4.78 is 50.0. The van der Waals surface area contributed by atoms with E-state index in [1.165, 1.54) is 25.1 Å². The van der Waals surface area contributed by atoms with Gasteiger partial charge in [0, 0.05) is 18.3 Å². The van der Waals surface area contributed by atoms with E-state index in [-0.39, 0.29) is 17.9 Å². The Morgan fingerprint density at radius 2 is 2.10 bits per heavy atom. The van der Waals surface area contributed by atoms with Gasteiger partial charge in [-0.2, -0.15) is 0 Å². The van der Waals surface area contributed by atoms with Gasteiger partial charge in [-0.1, -0.05) is 15.9 Å². The second-order valence-electron chi connectivity index (χ2n) is 4.23. The molecule has 0 amide bonds. The number of carbonyl (C=O) groups excluding carboxylic acids is 1. The molecule has 3 nitrogen and oxygen atoms in total. The average molecular weight is 355 g/mol. The average Bonchev–Trinajstić information content (AvgIpc) is 2.34. The summed E-state index contributed by atoms with van der Waals surface area (Å²) in [6.07, 6.45) is -1.12. The molecule has 1 aromatic carbocycles. The van der Waals surface area contributed by atoms with Crippen molar-refractivity contribution in [3.8, 4) is 5.75 Å². The number of benzene rings is 1. The smallest absolute Gasteiger partial charge is 0.302 e. The molecule has 0 saturated carbocycles. The standard InChI is InChI=1S/C13H14BrF3O3/c1-8(18)19-7-10(6-15)20-12-4-3-9(14)5-11(12)13(2,16)17/h3-5,10H,6-7H2,1-2H3. The van der Waals surface area contributed by atoms with E-state index in [4.69, 9.17) is 4.74 Å². The molecule has 112 valence electrons. The molecular formula is C13H14BrF3O3. The zero-order valence-corrected chi connectivity index (χ0v) is 12.5. The van der Waals surface area contributed by atoms with Gasteiger partial charge in [-0.3, -0.25) is 4.79 Å². The van der Waals surface area contributed by atoms with Gasteiger partial charge in [-0.25, -0.2) is 13.2 Å². The van der Waals surface area contributed by atoms with E-state index in [2.05, 4.69) is 20.7 Å². The summed E-state index contributed by atoms with van der Waals surface area (Å²) in [6, 6.07) is 4.02. The highest BCUT2D eigenvalue weighted by molar-refractivity contribution is 9.10. The van der Waals surface area contributed by atoms with Crippen LogP contribution in [0, 0.1) is 0 Å². The number of hydrogen-bond donors (Lipinski definition) is 0. The number of rotatable bonds is 6. The highest BCUT2D eigenvalue weighted by Gasteiger charge is 2.30. The van der Waals surface area contributed by atoms with Crippen molar-refractivity contribution >= 4 is 21.9 Å². The van der Waals surface area contributed by atoms with Crippen LogP contribution in [0.15, 0.2) is 22.7 Å². The molecule has 20 heavy (non-hydrogen) atoms. The number of ether oxygens (including phenoxy) is 2. The van der Waals surface area contributed by atoms with Crippen molar-refractivity contribution in [3.05, 3.63) is 28.2 Å². The molecule has 0 bridgehead atoms. The highest BCUT2D eigenvalue weighted by atomic mass is 79.9. The van der Waals surface area contributed by atoms with Gasteiger partial charge < -0.3 is 9.47 Å². The molecule has 0 aliphatic rings. The molecule has 0 aromatic heterocycles. The topological polar surface area (TPSA) is 35.5 Å². The van der Waals surface area contributed by atoms with Crippen LogP contribution in [0.4, 0.5) is 13.2 Å². The minimum absolute atomic E-state index is 0.143. The summed E-state index contributed by atoms with van der Waals surface area (Å²) in [5.74, 6) is -3.87. The molecule has 0 heterocycles. The van der Waals surface area contributed by atoms with Gasteiger partial charge in [0.25, 0.3) is 5.92 Å². The molecule has 0 spiro atoms. The lowest BCUT2D eigenvalue weighted by Crippen LogP contribution is -2.27. The zero-order valence-electron chi connectivity index (χ0n) is 11.0. The van der Waals surface area contributed by atoms with Crippen LogP contribution < -0.4 is 4.74 Å². The summed E-state index contributed by atoms with van der Waals surface area (Å²) in [5, 5.41) is 0. The Bertz CT molecular complexity index is 474. The lowest BCUT2D eigenvalue weighted by Gasteiger charge is -2.21. The normalized spacial score (nSPS) is 12.9. The maximum Gasteiger partial charge on any atom is 0.302 e. The number of esters is 1. The molecule has 1 rings (SSSR count). The van der Waals surface area contributed by atoms with Gasteiger partial charge in [-0.05, 0) is 18.2 Å². The summed E-state index contributed by atoms with van der Waals surface area (Å²) in [7, 11) is 0. The van der Waals surface area contributed by atoms with E-state index in [1.807, 2.05) is 0 Å². The fourth-order valence-electron chi connectivity index (χ4n) is 1.45. The fraction of sp³-hybridized carbons (Fsp3) is 0.462. The van der Waals surface area contributed by atoms with Crippen LogP contribution in [0.3, 0.4) is 0 Å². The monoisotopic (exact) mass is 354 g/mol. The Morgan fingerprint density at radius 1 is 1.45 bits per heavy atom. The maximum atomic E-state index is 13.5. The molecule has 1 unspecified atom stereocenters. The fourth-order valence-corrected chi connectivity index (χ4v) is 1.81. The van der Waals surface area contributed by atoms with E-state index >= 15 is 0 Å². The van der Waals surface area contributed by atoms with Crippen LogP contribution in [0.2, 0.25) is 0 Å². The number of hydrogen-bond acceptors (Lipinski definition) is 3. The molecule has 7 heteroatoms. The SMILES string of the molecule is CC(=O)OCC(CF)Oc1ccc(Br)cc1C(C)(F)F.